The van der Waals surface area contributed by atoms with Gasteiger partial charge in [0, 0.05) is 29.8 Å². The summed E-state index contributed by atoms with van der Waals surface area (Å²) in [6, 6.07) is 4.08. The van der Waals surface area contributed by atoms with Gasteiger partial charge in [0.1, 0.15) is 5.82 Å². The van der Waals surface area contributed by atoms with E-state index in [1.807, 2.05) is 11.0 Å². The van der Waals surface area contributed by atoms with Gasteiger partial charge in [-0.1, -0.05) is 13.8 Å². The molecule has 0 bridgehead atoms. The molecule has 2 rings (SSSR count). The number of rotatable bonds is 4. The molecule has 2 amide bonds. The van der Waals surface area contributed by atoms with Gasteiger partial charge < -0.3 is 4.90 Å². The lowest BCUT2D eigenvalue weighted by Gasteiger charge is -2.26. The van der Waals surface area contributed by atoms with Gasteiger partial charge in [0.25, 0.3) is 0 Å². The number of likely N-dealkylation sites (tertiary alicyclic amines) is 1. The lowest BCUT2D eigenvalue weighted by atomic mass is 10.2. The van der Waals surface area contributed by atoms with Gasteiger partial charge >= 0.3 is 6.03 Å². The minimum Gasteiger partial charge on any atom is -0.323 e. The van der Waals surface area contributed by atoms with E-state index in [9.17, 15) is 4.79 Å². The second-order valence-electron chi connectivity index (χ2n) is 4.90. The molecule has 1 atom stereocenters. The molecule has 1 fully saturated rings. The Morgan fingerprint density at radius 1 is 1.50 bits per heavy atom. The zero-order valence-electron chi connectivity index (χ0n) is 12.0. The number of carbonyl (C=O) groups is 1. The summed E-state index contributed by atoms with van der Waals surface area (Å²) in [6.45, 7) is 8.00. The summed E-state index contributed by atoms with van der Waals surface area (Å²) in [6.07, 6.45) is 2.72. The Bertz CT molecular complexity index is 447. The molecule has 0 spiro atoms. The smallest absolute Gasteiger partial charge is 0.323 e. The zero-order chi connectivity index (χ0) is 14.5. The Morgan fingerprint density at radius 2 is 2.25 bits per heavy atom. The second-order valence-corrected chi connectivity index (χ2v) is 5.82. The number of amides is 2. The number of hydrogen-bond acceptors (Lipinski definition) is 3. The van der Waals surface area contributed by atoms with Crippen LogP contribution in [-0.2, 0) is 0 Å². The highest BCUT2D eigenvalue weighted by Crippen LogP contribution is 2.17. The SMILES string of the molecule is CCN(CC)[C@H]1CCN(C(=O)Nc2ccc(Br)cn2)C1. The van der Waals surface area contributed by atoms with Gasteiger partial charge in [0.15, 0.2) is 0 Å². The minimum absolute atomic E-state index is 0.0607. The van der Waals surface area contributed by atoms with Crippen molar-refractivity contribution in [2.24, 2.45) is 0 Å². The van der Waals surface area contributed by atoms with Crippen LogP contribution in [0.3, 0.4) is 0 Å². The molecule has 1 saturated heterocycles. The molecule has 1 aromatic heterocycles. The first-order chi connectivity index (χ1) is 9.63. The first-order valence-corrected chi connectivity index (χ1v) is 7.84. The maximum atomic E-state index is 12.2. The Labute approximate surface area is 128 Å². The van der Waals surface area contributed by atoms with Crippen LogP contribution in [0.25, 0.3) is 0 Å². The van der Waals surface area contributed by atoms with Crippen LogP contribution in [0.2, 0.25) is 0 Å². The molecule has 1 aromatic rings. The molecule has 6 heteroatoms. The molecule has 5 nitrogen and oxygen atoms in total. The molecule has 110 valence electrons. The number of nitrogens with one attached hydrogen (secondary N) is 1. The monoisotopic (exact) mass is 340 g/mol. The van der Waals surface area contributed by atoms with Crippen LogP contribution in [0.1, 0.15) is 20.3 Å². The number of pyridine rings is 1. The molecule has 1 aliphatic rings. The number of likely N-dealkylation sites (N-methyl/N-ethyl adjacent to an activating group) is 1. The average Bonchev–Trinajstić information content (AvgIpc) is 2.92. The fourth-order valence-corrected chi connectivity index (χ4v) is 2.84. The molecule has 0 aliphatic carbocycles. The Hall–Kier alpha value is -1.14. The van der Waals surface area contributed by atoms with Crippen molar-refractivity contribution in [2.75, 3.05) is 31.5 Å². The molecule has 0 unspecified atom stereocenters. The van der Waals surface area contributed by atoms with Gasteiger partial charge in [0.05, 0.1) is 0 Å². The van der Waals surface area contributed by atoms with Crippen LogP contribution in [0, 0.1) is 0 Å². The first kappa shape index (κ1) is 15.3. The summed E-state index contributed by atoms with van der Waals surface area (Å²) in [5.41, 5.74) is 0. The quantitative estimate of drug-likeness (QED) is 0.916. The van der Waals surface area contributed by atoms with Crippen molar-refractivity contribution in [3.63, 3.8) is 0 Å². The highest BCUT2D eigenvalue weighted by Gasteiger charge is 2.29. The van der Waals surface area contributed by atoms with Crippen molar-refractivity contribution in [2.45, 2.75) is 26.3 Å². The lowest BCUT2D eigenvalue weighted by molar-refractivity contribution is 0.202. The molecule has 1 N–H and O–H groups in total. The summed E-state index contributed by atoms with van der Waals surface area (Å²) in [7, 11) is 0. The van der Waals surface area contributed by atoms with Gasteiger partial charge in [-0.3, -0.25) is 10.2 Å². The van der Waals surface area contributed by atoms with Crippen molar-refractivity contribution in [1.82, 2.24) is 14.8 Å². The number of anilines is 1. The highest BCUT2D eigenvalue weighted by atomic mass is 79.9. The Balaban J connectivity index is 1.89. The fraction of sp³-hybridized carbons (Fsp3) is 0.571. The van der Waals surface area contributed by atoms with Gasteiger partial charge in [0.2, 0.25) is 0 Å². The van der Waals surface area contributed by atoms with E-state index in [1.54, 1.807) is 12.3 Å². The second kappa shape index (κ2) is 7.04. The summed E-state index contributed by atoms with van der Waals surface area (Å²) in [4.78, 5) is 20.6. The Kier molecular flexibility index (Phi) is 5.37. The van der Waals surface area contributed by atoms with E-state index in [4.69, 9.17) is 0 Å². The van der Waals surface area contributed by atoms with Crippen molar-refractivity contribution in [1.29, 1.82) is 0 Å². The first-order valence-electron chi connectivity index (χ1n) is 7.05. The van der Waals surface area contributed by atoms with Crippen LogP contribution in [-0.4, -0.2) is 53.0 Å². The van der Waals surface area contributed by atoms with Crippen molar-refractivity contribution in [3.05, 3.63) is 22.8 Å². The average molecular weight is 341 g/mol. The molecular formula is C14H21BrN4O. The third-order valence-electron chi connectivity index (χ3n) is 3.74. The topological polar surface area (TPSA) is 48.5 Å². The largest absolute Gasteiger partial charge is 0.323 e. The molecule has 0 aromatic carbocycles. The van der Waals surface area contributed by atoms with Crippen molar-refractivity contribution >= 4 is 27.8 Å². The highest BCUT2D eigenvalue weighted by molar-refractivity contribution is 9.10. The van der Waals surface area contributed by atoms with E-state index < -0.39 is 0 Å². The van der Waals surface area contributed by atoms with E-state index in [2.05, 4.69) is 45.0 Å². The van der Waals surface area contributed by atoms with E-state index in [1.165, 1.54) is 0 Å². The summed E-state index contributed by atoms with van der Waals surface area (Å²) < 4.78 is 0.901. The fourth-order valence-electron chi connectivity index (χ4n) is 2.60. The van der Waals surface area contributed by atoms with Crippen LogP contribution >= 0.6 is 15.9 Å². The molecule has 0 radical (unpaired) electrons. The van der Waals surface area contributed by atoms with E-state index >= 15 is 0 Å². The number of urea groups is 1. The number of hydrogen-bond donors (Lipinski definition) is 1. The maximum Gasteiger partial charge on any atom is 0.323 e. The number of halogens is 1. The zero-order valence-corrected chi connectivity index (χ0v) is 13.6. The molecule has 20 heavy (non-hydrogen) atoms. The van der Waals surface area contributed by atoms with Crippen molar-refractivity contribution < 1.29 is 4.79 Å². The third-order valence-corrected chi connectivity index (χ3v) is 4.21. The Morgan fingerprint density at radius 3 is 2.85 bits per heavy atom. The van der Waals surface area contributed by atoms with Gasteiger partial charge in [-0.05, 0) is 47.6 Å². The van der Waals surface area contributed by atoms with Crippen LogP contribution in [0.15, 0.2) is 22.8 Å². The lowest BCUT2D eigenvalue weighted by Crippen LogP contribution is -2.39. The normalized spacial score (nSPS) is 18.6. The molecule has 1 aliphatic heterocycles. The van der Waals surface area contributed by atoms with E-state index in [0.29, 0.717) is 11.9 Å². The summed E-state index contributed by atoms with van der Waals surface area (Å²) in [5.74, 6) is 0.587. The molecule has 0 saturated carbocycles. The third kappa shape index (κ3) is 3.70. The summed E-state index contributed by atoms with van der Waals surface area (Å²) in [5, 5.41) is 2.84. The maximum absolute atomic E-state index is 12.2. The number of carbonyl (C=O) groups excluding carboxylic acids is 1. The van der Waals surface area contributed by atoms with Gasteiger partial charge in [-0.25, -0.2) is 9.78 Å². The van der Waals surface area contributed by atoms with Crippen molar-refractivity contribution in [3.8, 4) is 0 Å². The number of nitrogens with zero attached hydrogens (tertiary/aromatic N) is 3. The van der Waals surface area contributed by atoms with Crippen LogP contribution in [0.4, 0.5) is 10.6 Å². The van der Waals surface area contributed by atoms with Gasteiger partial charge in [-0.2, -0.15) is 0 Å². The predicted molar refractivity (Wildman–Crippen MR) is 83.9 cm³/mol. The van der Waals surface area contributed by atoms with E-state index in [-0.39, 0.29) is 6.03 Å². The van der Waals surface area contributed by atoms with Crippen LogP contribution in [0.5, 0.6) is 0 Å². The predicted octanol–water partition coefficient (Wildman–Crippen LogP) is 2.79. The van der Waals surface area contributed by atoms with E-state index in [0.717, 1.165) is 37.1 Å². The minimum atomic E-state index is -0.0607. The standard InChI is InChI=1S/C14H21BrN4O/c1-3-18(4-2)12-7-8-19(10-12)14(20)17-13-6-5-11(15)9-16-13/h5-6,9,12H,3-4,7-8,10H2,1-2H3,(H,16,17,20)/t12-/m0/s1. The molecule has 2 heterocycles. The number of aromatic nitrogens is 1. The molecular weight excluding hydrogens is 320 g/mol. The summed E-state index contributed by atoms with van der Waals surface area (Å²) >= 11 is 3.33. The van der Waals surface area contributed by atoms with Gasteiger partial charge in [-0.15, -0.1) is 0 Å². The van der Waals surface area contributed by atoms with Crippen LogP contribution < -0.4 is 5.32 Å².